The topological polar surface area (TPSA) is 50.4 Å². The summed E-state index contributed by atoms with van der Waals surface area (Å²) in [6.45, 7) is 6.76. The van der Waals surface area contributed by atoms with Gasteiger partial charge in [-0.3, -0.25) is 4.79 Å². The number of carbonyl (C=O) groups is 1. The molecule has 2 aliphatic heterocycles. The highest BCUT2D eigenvalue weighted by Crippen LogP contribution is 2.58. The van der Waals surface area contributed by atoms with E-state index in [1.165, 1.54) is 12.8 Å². The van der Waals surface area contributed by atoms with E-state index in [0.29, 0.717) is 5.41 Å². The summed E-state index contributed by atoms with van der Waals surface area (Å²) in [6, 6.07) is 0. The zero-order chi connectivity index (χ0) is 12.6. The minimum atomic E-state index is 0. The molecule has 4 nitrogen and oxygen atoms in total. The van der Waals surface area contributed by atoms with Gasteiger partial charge in [0.25, 0.3) is 0 Å². The Balaban J connectivity index is 0.00000133. The van der Waals surface area contributed by atoms with E-state index < -0.39 is 0 Å². The summed E-state index contributed by atoms with van der Waals surface area (Å²) in [4.78, 5) is 12.2. The van der Waals surface area contributed by atoms with Crippen LogP contribution < -0.4 is 10.6 Å². The van der Waals surface area contributed by atoms with Gasteiger partial charge in [0.2, 0.25) is 5.91 Å². The second-order valence-electron chi connectivity index (χ2n) is 6.70. The Hall–Kier alpha value is -0.320. The van der Waals surface area contributed by atoms with Gasteiger partial charge in [0.05, 0.1) is 6.61 Å². The number of hydrogen-bond acceptors (Lipinski definition) is 3. The lowest BCUT2D eigenvalue weighted by molar-refractivity contribution is -0.123. The van der Waals surface area contributed by atoms with E-state index in [1.807, 2.05) is 0 Å². The lowest BCUT2D eigenvalue weighted by Gasteiger charge is -2.25. The molecule has 3 aliphatic rings. The maximum absolute atomic E-state index is 12.2. The number of ether oxygens (including phenoxy) is 1. The third-order valence-electron chi connectivity index (χ3n) is 5.10. The Morgan fingerprint density at radius 3 is 2.74 bits per heavy atom. The fourth-order valence-corrected chi connectivity index (χ4v) is 3.47. The number of halogens is 1. The van der Waals surface area contributed by atoms with Crippen molar-refractivity contribution in [2.24, 2.45) is 16.7 Å². The molecule has 110 valence electrons. The maximum atomic E-state index is 12.2. The first-order valence-electron chi connectivity index (χ1n) is 7.20. The molecule has 2 unspecified atom stereocenters. The zero-order valence-corrected chi connectivity index (χ0v) is 12.5. The highest BCUT2D eigenvalue weighted by molar-refractivity contribution is 5.85. The molecule has 1 amide bonds. The first-order valence-corrected chi connectivity index (χ1v) is 7.20. The Morgan fingerprint density at radius 2 is 2.11 bits per heavy atom. The van der Waals surface area contributed by atoms with Gasteiger partial charge >= 0.3 is 0 Å². The smallest absolute Gasteiger partial charge is 0.223 e. The highest BCUT2D eigenvalue weighted by atomic mass is 35.5. The molecule has 0 radical (unpaired) electrons. The SMILES string of the molecule is CC1(CNC(=O)C2CC23CCNCC3)CCOC1.Cl. The summed E-state index contributed by atoms with van der Waals surface area (Å²) in [5.41, 5.74) is 0.508. The highest BCUT2D eigenvalue weighted by Gasteiger charge is 2.57. The monoisotopic (exact) mass is 288 g/mol. The van der Waals surface area contributed by atoms with Crippen molar-refractivity contribution in [3.63, 3.8) is 0 Å². The molecule has 3 fully saturated rings. The van der Waals surface area contributed by atoms with Crippen LogP contribution in [0, 0.1) is 16.7 Å². The van der Waals surface area contributed by atoms with Crippen molar-refractivity contribution in [3.8, 4) is 0 Å². The van der Waals surface area contributed by atoms with Crippen LogP contribution >= 0.6 is 12.4 Å². The Labute approximate surface area is 121 Å². The average molecular weight is 289 g/mol. The van der Waals surface area contributed by atoms with Crippen molar-refractivity contribution in [2.75, 3.05) is 32.8 Å². The Bertz CT molecular complexity index is 336. The molecule has 5 heteroatoms. The van der Waals surface area contributed by atoms with Crippen LogP contribution in [0.1, 0.15) is 32.6 Å². The number of rotatable bonds is 3. The van der Waals surface area contributed by atoms with Crippen molar-refractivity contribution < 1.29 is 9.53 Å². The quantitative estimate of drug-likeness (QED) is 0.824. The van der Waals surface area contributed by atoms with Crippen LogP contribution in [0.15, 0.2) is 0 Å². The molecule has 2 heterocycles. The van der Waals surface area contributed by atoms with Gasteiger partial charge in [0, 0.05) is 24.5 Å². The van der Waals surface area contributed by atoms with Crippen LogP contribution in [-0.4, -0.2) is 38.8 Å². The molecular weight excluding hydrogens is 264 g/mol. The molecule has 3 rings (SSSR count). The Morgan fingerprint density at radius 1 is 1.37 bits per heavy atom. The lowest BCUT2D eigenvalue weighted by Crippen LogP contribution is -2.39. The summed E-state index contributed by atoms with van der Waals surface area (Å²) >= 11 is 0. The summed E-state index contributed by atoms with van der Waals surface area (Å²) in [5, 5.41) is 6.53. The summed E-state index contributed by atoms with van der Waals surface area (Å²) in [6.07, 6.45) is 4.51. The van der Waals surface area contributed by atoms with Crippen LogP contribution in [-0.2, 0) is 9.53 Å². The first-order chi connectivity index (χ1) is 8.64. The van der Waals surface area contributed by atoms with Crippen molar-refractivity contribution in [3.05, 3.63) is 0 Å². The fourth-order valence-electron chi connectivity index (χ4n) is 3.47. The number of amides is 1. The normalized spacial score (nSPS) is 35.7. The predicted molar refractivity (Wildman–Crippen MR) is 76.4 cm³/mol. The van der Waals surface area contributed by atoms with Gasteiger partial charge in [0.1, 0.15) is 0 Å². The van der Waals surface area contributed by atoms with Gasteiger partial charge in [-0.15, -0.1) is 12.4 Å². The van der Waals surface area contributed by atoms with Crippen LogP contribution in [0.25, 0.3) is 0 Å². The van der Waals surface area contributed by atoms with Gasteiger partial charge in [-0.05, 0) is 44.2 Å². The molecule has 1 aliphatic carbocycles. The van der Waals surface area contributed by atoms with Crippen molar-refractivity contribution in [1.29, 1.82) is 0 Å². The second kappa shape index (κ2) is 5.58. The van der Waals surface area contributed by atoms with Crippen molar-refractivity contribution in [2.45, 2.75) is 32.6 Å². The van der Waals surface area contributed by atoms with E-state index in [2.05, 4.69) is 17.6 Å². The number of carbonyl (C=O) groups excluding carboxylic acids is 1. The molecule has 1 saturated carbocycles. The minimum absolute atomic E-state index is 0. The average Bonchev–Trinajstić information content (AvgIpc) is 2.88. The summed E-state index contributed by atoms with van der Waals surface area (Å²) < 4.78 is 5.42. The molecule has 19 heavy (non-hydrogen) atoms. The first kappa shape index (κ1) is 15.1. The summed E-state index contributed by atoms with van der Waals surface area (Å²) in [7, 11) is 0. The molecular formula is C14H25ClN2O2. The largest absolute Gasteiger partial charge is 0.381 e. The second-order valence-corrected chi connectivity index (χ2v) is 6.70. The zero-order valence-electron chi connectivity index (χ0n) is 11.7. The molecule has 2 atom stereocenters. The van der Waals surface area contributed by atoms with E-state index in [4.69, 9.17) is 4.74 Å². The van der Waals surface area contributed by atoms with Gasteiger partial charge in [-0.2, -0.15) is 0 Å². The summed E-state index contributed by atoms with van der Waals surface area (Å²) in [5.74, 6) is 0.565. The molecule has 2 saturated heterocycles. The lowest BCUT2D eigenvalue weighted by atomic mass is 9.89. The molecule has 2 N–H and O–H groups in total. The third-order valence-corrected chi connectivity index (χ3v) is 5.10. The van der Waals surface area contributed by atoms with Crippen LogP contribution in [0.5, 0.6) is 0 Å². The molecule has 0 aromatic heterocycles. The predicted octanol–water partition coefficient (Wildman–Crippen LogP) is 1.34. The van der Waals surface area contributed by atoms with Gasteiger partial charge < -0.3 is 15.4 Å². The van der Waals surface area contributed by atoms with E-state index in [1.54, 1.807) is 0 Å². The molecule has 0 bridgehead atoms. The molecule has 0 aromatic carbocycles. The van der Waals surface area contributed by atoms with Crippen LogP contribution in [0.4, 0.5) is 0 Å². The van der Waals surface area contributed by atoms with E-state index in [9.17, 15) is 4.79 Å². The van der Waals surface area contributed by atoms with Gasteiger partial charge in [-0.1, -0.05) is 6.92 Å². The maximum Gasteiger partial charge on any atom is 0.223 e. The number of piperidine rings is 1. The van der Waals surface area contributed by atoms with Crippen molar-refractivity contribution in [1.82, 2.24) is 10.6 Å². The van der Waals surface area contributed by atoms with Crippen molar-refractivity contribution >= 4 is 18.3 Å². The fraction of sp³-hybridized carbons (Fsp3) is 0.929. The van der Waals surface area contributed by atoms with Gasteiger partial charge in [0.15, 0.2) is 0 Å². The molecule has 1 spiro atoms. The number of nitrogens with one attached hydrogen (secondary N) is 2. The van der Waals surface area contributed by atoms with Crippen LogP contribution in [0.2, 0.25) is 0 Å². The number of hydrogen-bond donors (Lipinski definition) is 2. The standard InChI is InChI=1S/C14H24N2O2.ClH/c1-13(4-7-18-10-13)9-16-12(17)11-8-14(11)2-5-15-6-3-14;/h11,15H,2-10H2,1H3,(H,16,17);1H. The van der Waals surface area contributed by atoms with Gasteiger partial charge in [-0.25, -0.2) is 0 Å². The minimum Gasteiger partial charge on any atom is -0.381 e. The van der Waals surface area contributed by atoms with E-state index >= 15 is 0 Å². The van der Waals surface area contributed by atoms with Crippen LogP contribution in [0.3, 0.4) is 0 Å². The van der Waals surface area contributed by atoms with E-state index in [-0.39, 0.29) is 29.6 Å². The third kappa shape index (κ3) is 3.06. The van der Waals surface area contributed by atoms with E-state index in [0.717, 1.165) is 45.7 Å². The Kier molecular flexibility index (Phi) is 4.43. The molecule has 0 aromatic rings.